The molecule has 142 valence electrons. The van der Waals surface area contributed by atoms with E-state index in [9.17, 15) is 14.4 Å². The Balaban J connectivity index is 1.65. The molecular formula is C21H24N2O3S. The van der Waals surface area contributed by atoms with Crippen molar-refractivity contribution in [3.05, 3.63) is 64.4 Å². The average molecular weight is 385 g/mol. The molecule has 2 rings (SSSR count). The van der Waals surface area contributed by atoms with Crippen molar-refractivity contribution in [3.63, 3.8) is 0 Å². The maximum Gasteiger partial charge on any atom is 0.251 e. The number of ketones is 1. The van der Waals surface area contributed by atoms with Gasteiger partial charge in [0.2, 0.25) is 5.91 Å². The quantitative estimate of drug-likeness (QED) is 0.614. The first-order chi connectivity index (χ1) is 13.0. The van der Waals surface area contributed by atoms with Gasteiger partial charge in [-0.25, -0.2) is 0 Å². The van der Waals surface area contributed by atoms with Crippen LogP contribution in [0.2, 0.25) is 0 Å². The second-order valence-corrected chi connectivity index (χ2v) is 7.19. The third-order valence-electron chi connectivity index (χ3n) is 4.06. The largest absolute Gasteiger partial charge is 0.356 e. The topological polar surface area (TPSA) is 75.3 Å². The monoisotopic (exact) mass is 384 g/mol. The van der Waals surface area contributed by atoms with Crippen LogP contribution >= 0.6 is 11.3 Å². The number of nitrogens with one attached hydrogen (secondary N) is 2. The van der Waals surface area contributed by atoms with Crippen molar-refractivity contribution in [2.45, 2.75) is 32.2 Å². The van der Waals surface area contributed by atoms with Crippen LogP contribution in [0, 0.1) is 0 Å². The van der Waals surface area contributed by atoms with Crippen molar-refractivity contribution in [1.82, 2.24) is 10.6 Å². The van der Waals surface area contributed by atoms with Gasteiger partial charge in [0.15, 0.2) is 5.78 Å². The Morgan fingerprint density at radius 1 is 1.15 bits per heavy atom. The Hall–Kier alpha value is -2.73. The van der Waals surface area contributed by atoms with Gasteiger partial charge in [0.05, 0.1) is 4.88 Å². The first-order valence-corrected chi connectivity index (χ1v) is 9.74. The van der Waals surface area contributed by atoms with E-state index in [0.29, 0.717) is 23.4 Å². The molecule has 1 aromatic heterocycles. The van der Waals surface area contributed by atoms with Gasteiger partial charge in [0.25, 0.3) is 5.91 Å². The summed E-state index contributed by atoms with van der Waals surface area (Å²) in [4.78, 5) is 36.6. The molecule has 0 aliphatic rings. The van der Waals surface area contributed by atoms with E-state index in [4.69, 9.17) is 0 Å². The molecule has 0 spiro atoms. The molecule has 1 heterocycles. The zero-order chi connectivity index (χ0) is 19.6. The minimum atomic E-state index is -0.154. The van der Waals surface area contributed by atoms with Gasteiger partial charge in [-0.2, -0.15) is 0 Å². The molecule has 2 N–H and O–H groups in total. The van der Waals surface area contributed by atoms with Gasteiger partial charge in [-0.1, -0.05) is 30.9 Å². The minimum absolute atomic E-state index is 0.0109. The summed E-state index contributed by atoms with van der Waals surface area (Å²) >= 11 is 1.38. The fourth-order valence-corrected chi connectivity index (χ4v) is 3.15. The third kappa shape index (κ3) is 6.83. The van der Waals surface area contributed by atoms with Crippen LogP contribution in [0.25, 0.3) is 6.08 Å². The van der Waals surface area contributed by atoms with Crippen LogP contribution in [0.15, 0.2) is 48.4 Å². The smallest absolute Gasteiger partial charge is 0.251 e. The number of benzene rings is 1. The van der Waals surface area contributed by atoms with E-state index >= 15 is 0 Å². The first-order valence-electron chi connectivity index (χ1n) is 8.86. The third-order valence-corrected chi connectivity index (χ3v) is 4.97. The fraction of sp³-hybridized carbons (Fsp3) is 0.286. The van der Waals surface area contributed by atoms with E-state index in [1.807, 2.05) is 30.5 Å². The van der Waals surface area contributed by atoms with E-state index in [2.05, 4.69) is 17.2 Å². The molecule has 1 atom stereocenters. The maximum absolute atomic E-state index is 12.2. The summed E-state index contributed by atoms with van der Waals surface area (Å²) in [5.41, 5.74) is 1.54. The molecule has 0 saturated carbocycles. The van der Waals surface area contributed by atoms with Gasteiger partial charge >= 0.3 is 0 Å². The summed E-state index contributed by atoms with van der Waals surface area (Å²) in [5.74, 6) is -0.312. The van der Waals surface area contributed by atoms with Crippen LogP contribution < -0.4 is 10.6 Å². The number of Topliss-reactive ketones (excluding diaryl/α,β-unsaturated/α-hetero) is 1. The van der Waals surface area contributed by atoms with Crippen molar-refractivity contribution < 1.29 is 14.4 Å². The van der Waals surface area contributed by atoms with Gasteiger partial charge in [0.1, 0.15) is 0 Å². The van der Waals surface area contributed by atoms with Gasteiger partial charge in [-0.15, -0.1) is 11.3 Å². The van der Waals surface area contributed by atoms with Gasteiger partial charge in [0, 0.05) is 31.0 Å². The summed E-state index contributed by atoms with van der Waals surface area (Å²) in [7, 11) is 0. The van der Waals surface area contributed by atoms with Crippen molar-refractivity contribution in [2.24, 2.45) is 0 Å². The van der Waals surface area contributed by atoms with E-state index < -0.39 is 0 Å². The summed E-state index contributed by atoms with van der Waals surface area (Å²) in [5, 5.41) is 7.54. The van der Waals surface area contributed by atoms with Crippen molar-refractivity contribution >= 4 is 35.0 Å². The van der Waals surface area contributed by atoms with E-state index in [1.165, 1.54) is 11.3 Å². The zero-order valence-electron chi connectivity index (χ0n) is 15.4. The van der Waals surface area contributed by atoms with Gasteiger partial charge in [-0.3, -0.25) is 14.4 Å². The lowest BCUT2D eigenvalue weighted by Gasteiger charge is -2.14. The number of carbonyl (C=O) groups is 3. The predicted molar refractivity (Wildman–Crippen MR) is 109 cm³/mol. The maximum atomic E-state index is 12.2. The molecule has 5 nitrogen and oxygen atoms in total. The summed E-state index contributed by atoms with van der Waals surface area (Å²) < 4.78 is 0. The van der Waals surface area contributed by atoms with Crippen LogP contribution in [0.1, 0.15) is 51.8 Å². The van der Waals surface area contributed by atoms with Crippen molar-refractivity contribution in [1.29, 1.82) is 0 Å². The van der Waals surface area contributed by atoms with Gasteiger partial charge in [-0.05, 0) is 42.5 Å². The normalized spacial score (nSPS) is 11.4. The standard InChI is InChI=1S/C21H24N2O3S/c1-3-16-6-8-17(9-7-16)21(26)23-15(2)12-13-22-20(25)11-10-18(24)19-5-4-14-27-19/h3-9,14-15H,1,10-13H2,2H3,(H,22,25)(H,23,26). The number of amides is 2. The average Bonchev–Trinajstić information content (AvgIpc) is 3.21. The molecule has 0 aliphatic carbocycles. The van der Waals surface area contributed by atoms with E-state index in [-0.39, 0.29) is 36.5 Å². The molecule has 2 aromatic rings. The van der Waals surface area contributed by atoms with Crippen LogP contribution in [0.4, 0.5) is 0 Å². The molecule has 1 unspecified atom stereocenters. The lowest BCUT2D eigenvalue weighted by atomic mass is 10.1. The van der Waals surface area contributed by atoms with Gasteiger partial charge < -0.3 is 10.6 Å². The SMILES string of the molecule is C=Cc1ccc(C(=O)NC(C)CCNC(=O)CCC(=O)c2cccs2)cc1. The Labute approximate surface area is 163 Å². The first kappa shape index (κ1) is 20.6. The van der Waals surface area contributed by atoms with Crippen LogP contribution in [-0.2, 0) is 4.79 Å². The molecule has 6 heteroatoms. The minimum Gasteiger partial charge on any atom is -0.356 e. The number of hydrogen-bond donors (Lipinski definition) is 2. The predicted octanol–water partition coefficient (Wildman–Crippen LogP) is 3.68. The van der Waals surface area contributed by atoms with E-state index in [1.54, 1.807) is 24.3 Å². The summed E-state index contributed by atoms with van der Waals surface area (Å²) in [6, 6.07) is 10.7. The molecule has 27 heavy (non-hydrogen) atoms. The highest BCUT2D eigenvalue weighted by Gasteiger charge is 2.12. The van der Waals surface area contributed by atoms with Crippen LogP contribution in [0.5, 0.6) is 0 Å². The highest BCUT2D eigenvalue weighted by Crippen LogP contribution is 2.12. The van der Waals surface area contributed by atoms with Crippen molar-refractivity contribution in [3.8, 4) is 0 Å². The zero-order valence-corrected chi connectivity index (χ0v) is 16.2. The van der Waals surface area contributed by atoms with Crippen molar-refractivity contribution in [2.75, 3.05) is 6.54 Å². The molecule has 2 amide bonds. The summed E-state index contributed by atoms with van der Waals surface area (Å²) in [6.45, 7) is 6.02. The number of rotatable bonds is 10. The molecule has 0 saturated heterocycles. The fourth-order valence-electron chi connectivity index (χ4n) is 2.45. The second kappa shape index (κ2) is 10.4. The lowest BCUT2D eigenvalue weighted by molar-refractivity contribution is -0.121. The number of hydrogen-bond acceptors (Lipinski definition) is 4. The highest BCUT2D eigenvalue weighted by atomic mass is 32.1. The van der Waals surface area contributed by atoms with E-state index in [0.717, 1.165) is 5.56 Å². The molecule has 0 bridgehead atoms. The number of thiophene rings is 1. The Morgan fingerprint density at radius 2 is 1.89 bits per heavy atom. The summed E-state index contributed by atoms with van der Waals surface area (Å²) in [6.07, 6.45) is 2.72. The molecule has 1 aromatic carbocycles. The highest BCUT2D eigenvalue weighted by molar-refractivity contribution is 7.12. The molecule has 0 fully saturated rings. The number of carbonyl (C=O) groups excluding carboxylic acids is 3. The van der Waals surface area contributed by atoms with Crippen LogP contribution in [0.3, 0.4) is 0 Å². The molecule has 0 radical (unpaired) electrons. The molecular weight excluding hydrogens is 360 g/mol. The Bertz CT molecular complexity index is 782. The van der Waals surface area contributed by atoms with Crippen LogP contribution in [-0.4, -0.2) is 30.2 Å². The Morgan fingerprint density at radius 3 is 2.52 bits per heavy atom. The Kier molecular flexibility index (Phi) is 7.95. The molecule has 0 aliphatic heterocycles. The lowest BCUT2D eigenvalue weighted by Crippen LogP contribution is -2.36. The second-order valence-electron chi connectivity index (χ2n) is 6.24.